The van der Waals surface area contributed by atoms with Crippen LogP contribution in [0, 0.1) is 0 Å². The third-order valence-electron chi connectivity index (χ3n) is 3.78. The molecule has 2 saturated heterocycles. The second-order valence-electron chi connectivity index (χ2n) is 5.56. The summed E-state index contributed by atoms with van der Waals surface area (Å²) in [5.41, 5.74) is 5.82. The minimum atomic E-state index is -1.01. The van der Waals surface area contributed by atoms with Crippen LogP contribution in [0.4, 0.5) is 0 Å². The molecule has 0 radical (unpaired) electrons. The molecule has 2 unspecified atom stereocenters. The van der Waals surface area contributed by atoms with Crippen LogP contribution in [0.5, 0.6) is 0 Å². The average molecular weight is 377 g/mol. The predicted octanol–water partition coefficient (Wildman–Crippen LogP) is -1.54. The van der Waals surface area contributed by atoms with Gasteiger partial charge in [0.25, 0.3) is 0 Å². The fraction of sp³-hybridized carbons (Fsp3) is 0.692. The van der Waals surface area contributed by atoms with Crippen molar-refractivity contribution < 1.29 is 29.4 Å². The molecular formula is C13H19N3O6S2. The van der Waals surface area contributed by atoms with E-state index < -0.39 is 40.8 Å². The van der Waals surface area contributed by atoms with Crippen molar-refractivity contribution in [3.8, 4) is 0 Å². The molecule has 2 aliphatic heterocycles. The van der Waals surface area contributed by atoms with E-state index >= 15 is 0 Å². The minimum absolute atomic E-state index is 0.0592. The van der Waals surface area contributed by atoms with E-state index in [2.05, 4.69) is 10.6 Å². The second kappa shape index (κ2) is 8.30. The Labute approximate surface area is 146 Å². The van der Waals surface area contributed by atoms with Crippen molar-refractivity contribution in [3.05, 3.63) is 0 Å². The van der Waals surface area contributed by atoms with Gasteiger partial charge >= 0.3 is 11.9 Å². The van der Waals surface area contributed by atoms with E-state index in [1.165, 1.54) is 23.5 Å². The maximum atomic E-state index is 12.2. The molecule has 134 valence electrons. The van der Waals surface area contributed by atoms with Crippen LogP contribution in [0.3, 0.4) is 0 Å². The fourth-order valence-electron chi connectivity index (χ4n) is 2.34. The molecule has 0 bridgehead atoms. The molecule has 2 rings (SSSR count). The highest BCUT2D eigenvalue weighted by Gasteiger charge is 2.37. The molecule has 6 N–H and O–H groups in total. The molecule has 0 aromatic carbocycles. The first-order chi connectivity index (χ1) is 11.3. The van der Waals surface area contributed by atoms with Crippen molar-refractivity contribution in [1.29, 1.82) is 0 Å². The lowest BCUT2D eigenvalue weighted by Gasteiger charge is -2.16. The minimum Gasteiger partial charge on any atom is -0.480 e. The predicted molar refractivity (Wildman–Crippen MR) is 88.8 cm³/mol. The average Bonchev–Trinajstić information content (AvgIpc) is 3.20. The van der Waals surface area contributed by atoms with Gasteiger partial charge in [0.2, 0.25) is 0 Å². The molecule has 0 aromatic heterocycles. The monoisotopic (exact) mass is 377 g/mol. The zero-order chi connectivity index (χ0) is 17.9. The van der Waals surface area contributed by atoms with Crippen LogP contribution in [-0.4, -0.2) is 74.1 Å². The van der Waals surface area contributed by atoms with Crippen LogP contribution < -0.4 is 16.4 Å². The summed E-state index contributed by atoms with van der Waals surface area (Å²) in [4.78, 5) is 45.9. The molecular weight excluding hydrogens is 358 g/mol. The van der Waals surface area contributed by atoms with Gasteiger partial charge in [0.15, 0.2) is 11.6 Å². The second-order valence-corrected chi connectivity index (χ2v) is 7.83. The molecule has 11 heteroatoms. The van der Waals surface area contributed by atoms with Gasteiger partial charge < -0.3 is 15.9 Å². The zero-order valence-electron chi connectivity index (χ0n) is 12.6. The zero-order valence-corrected chi connectivity index (χ0v) is 14.3. The molecule has 0 amide bonds. The quantitative estimate of drug-likeness (QED) is 0.334. The summed E-state index contributed by atoms with van der Waals surface area (Å²) < 4.78 is 0. The van der Waals surface area contributed by atoms with Crippen molar-refractivity contribution in [2.75, 3.05) is 11.5 Å². The fourth-order valence-corrected chi connectivity index (χ4v) is 4.75. The molecule has 0 aliphatic carbocycles. The Kier molecular flexibility index (Phi) is 6.63. The van der Waals surface area contributed by atoms with Gasteiger partial charge in [-0.25, -0.2) is 0 Å². The van der Waals surface area contributed by atoms with Gasteiger partial charge in [-0.15, -0.1) is 23.5 Å². The van der Waals surface area contributed by atoms with Crippen molar-refractivity contribution in [3.63, 3.8) is 0 Å². The first kappa shape index (κ1) is 19.2. The van der Waals surface area contributed by atoms with Gasteiger partial charge in [-0.05, 0) is 6.42 Å². The Bertz CT molecular complexity index is 546. The van der Waals surface area contributed by atoms with Crippen molar-refractivity contribution in [2.24, 2.45) is 5.73 Å². The first-order valence-electron chi connectivity index (χ1n) is 7.32. The number of thioether (sulfide) groups is 2. The molecule has 0 spiro atoms. The maximum Gasteiger partial charge on any atom is 0.321 e. The van der Waals surface area contributed by atoms with E-state index in [4.69, 9.17) is 15.9 Å². The van der Waals surface area contributed by atoms with Crippen LogP contribution in [0.15, 0.2) is 0 Å². The number of carbonyl (C=O) groups is 4. The highest BCUT2D eigenvalue weighted by atomic mass is 32.2. The van der Waals surface area contributed by atoms with E-state index in [0.29, 0.717) is 5.75 Å². The highest BCUT2D eigenvalue weighted by Crippen LogP contribution is 2.23. The number of carboxylic acids is 2. The number of nitrogens with one attached hydrogen (secondary N) is 2. The summed E-state index contributed by atoms with van der Waals surface area (Å²) in [5, 5.41) is 21.9. The third-order valence-corrected chi connectivity index (χ3v) is 6.26. The lowest BCUT2D eigenvalue weighted by molar-refractivity contribution is -0.139. The van der Waals surface area contributed by atoms with Crippen LogP contribution in [0.25, 0.3) is 0 Å². The summed E-state index contributed by atoms with van der Waals surface area (Å²) in [6.45, 7) is 0. The molecule has 0 aromatic rings. The van der Waals surface area contributed by atoms with Gasteiger partial charge in [0.1, 0.15) is 22.8 Å². The normalized spacial score (nSPS) is 30.9. The number of carboxylic acid groups (broad SMARTS) is 2. The molecule has 24 heavy (non-hydrogen) atoms. The summed E-state index contributed by atoms with van der Waals surface area (Å²) in [5.74, 6) is -1.93. The summed E-state index contributed by atoms with van der Waals surface area (Å²) >= 11 is 2.42. The number of ketones is 2. The van der Waals surface area contributed by atoms with E-state index in [0.717, 1.165) is 0 Å². The molecule has 5 atom stereocenters. The number of nitrogens with two attached hydrogens (primary N) is 1. The van der Waals surface area contributed by atoms with E-state index in [1.807, 2.05) is 0 Å². The number of aliphatic carboxylic acids is 2. The van der Waals surface area contributed by atoms with Crippen LogP contribution in [0.1, 0.15) is 12.8 Å². The topological polar surface area (TPSA) is 159 Å². The number of hydrogen-bond acceptors (Lipinski definition) is 9. The number of hydrogen-bond donors (Lipinski definition) is 5. The largest absolute Gasteiger partial charge is 0.480 e. The Morgan fingerprint density at radius 2 is 1.50 bits per heavy atom. The van der Waals surface area contributed by atoms with Gasteiger partial charge in [-0.1, -0.05) is 0 Å². The smallest absolute Gasteiger partial charge is 0.321 e. The van der Waals surface area contributed by atoms with Crippen LogP contribution in [-0.2, 0) is 19.2 Å². The molecule has 2 heterocycles. The van der Waals surface area contributed by atoms with Crippen molar-refractivity contribution >= 4 is 47.0 Å². The SMILES string of the molecule is N[C@@H](CCC(=O)C1N[C@H](C(=O)O)CS1)C(=O)C1N[C@H](C(=O)O)CS1. The van der Waals surface area contributed by atoms with Crippen LogP contribution in [0.2, 0.25) is 0 Å². The highest BCUT2D eigenvalue weighted by molar-refractivity contribution is 8.01. The van der Waals surface area contributed by atoms with Crippen molar-refractivity contribution in [2.45, 2.75) is 41.7 Å². The third kappa shape index (κ3) is 4.70. The maximum absolute atomic E-state index is 12.2. The van der Waals surface area contributed by atoms with Crippen LogP contribution >= 0.6 is 23.5 Å². The molecule has 2 fully saturated rings. The number of rotatable bonds is 8. The molecule has 9 nitrogen and oxygen atoms in total. The van der Waals surface area contributed by atoms with Crippen molar-refractivity contribution in [1.82, 2.24) is 10.6 Å². The van der Waals surface area contributed by atoms with Gasteiger partial charge in [0, 0.05) is 17.9 Å². The first-order valence-corrected chi connectivity index (χ1v) is 9.42. The number of carbonyl (C=O) groups excluding carboxylic acids is 2. The van der Waals surface area contributed by atoms with Gasteiger partial charge in [-0.3, -0.25) is 29.8 Å². The Morgan fingerprint density at radius 3 is 2.00 bits per heavy atom. The van der Waals surface area contributed by atoms with E-state index in [1.54, 1.807) is 0 Å². The van der Waals surface area contributed by atoms with Gasteiger partial charge in [0.05, 0.1) is 6.04 Å². The molecule has 2 aliphatic rings. The lowest BCUT2D eigenvalue weighted by atomic mass is 10.0. The Balaban J connectivity index is 1.75. The molecule has 0 saturated carbocycles. The summed E-state index contributed by atoms with van der Waals surface area (Å²) in [7, 11) is 0. The lowest BCUT2D eigenvalue weighted by Crippen LogP contribution is -2.46. The summed E-state index contributed by atoms with van der Waals surface area (Å²) in [6, 6.07) is -2.38. The Morgan fingerprint density at radius 1 is 1.00 bits per heavy atom. The summed E-state index contributed by atoms with van der Waals surface area (Å²) in [6.07, 6.45) is 0.203. The van der Waals surface area contributed by atoms with Gasteiger partial charge in [-0.2, -0.15) is 0 Å². The van der Waals surface area contributed by atoms with E-state index in [9.17, 15) is 19.2 Å². The standard InChI is InChI=1S/C13H19N3O6S2/c14-5(9(18)11-16-7(4-24-11)13(21)22)1-2-8(17)10-15-6(3-23-10)12(19)20/h5-7,10-11,15-16H,1-4,14H2,(H,19,20)(H,21,22)/t5-,6-,7-,10?,11?/m0/s1. The Hall–Kier alpha value is -1.14. The number of Topliss-reactive ketones (excluding diaryl/α,β-unsaturated/α-hetero) is 2. The van der Waals surface area contributed by atoms with E-state index in [-0.39, 0.29) is 30.2 Å².